The fourth-order valence-corrected chi connectivity index (χ4v) is 3.17. The number of carboxylic acids is 1. The van der Waals surface area contributed by atoms with Crippen LogP contribution in [0, 0.1) is 0 Å². The highest BCUT2D eigenvalue weighted by molar-refractivity contribution is 6.37. The lowest BCUT2D eigenvalue weighted by molar-refractivity contribution is -0.142. The Labute approximate surface area is 178 Å². The van der Waals surface area contributed by atoms with Crippen LogP contribution in [0.1, 0.15) is 23.6 Å². The second kappa shape index (κ2) is 9.53. The van der Waals surface area contributed by atoms with Crippen LogP contribution >= 0.6 is 23.2 Å². The topological polar surface area (TPSA) is 75.6 Å². The van der Waals surface area contributed by atoms with E-state index in [-0.39, 0.29) is 39.2 Å². The number of carbonyl (C=O) groups is 2. The molecule has 11 heteroatoms. The summed E-state index contributed by atoms with van der Waals surface area (Å²) >= 11 is 12.1. The molecule has 1 unspecified atom stereocenters. The van der Waals surface area contributed by atoms with Crippen molar-refractivity contribution in [2.45, 2.75) is 32.3 Å². The molecule has 0 saturated carbocycles. The predicted octanol–water partition coefficient (Wildman–Crippen LogP) is 5.51. The number of nitrogens with one attached hydrogen (secondary N) is 1. The van der Waals surface area contributed by atoms with Gasteiger partial charge in [-0.25, -0.2) is 9.18 Å². The van der Waals surface area contributed by atoms with Gasteiger partial charge in [-0.3, -0.25) is 4.79 Å². The highest BCUT2D eigenvalue weighted by Gasteiger charge is 2.31. The summed E-state index contributed by atoms with van der Waals surface area (Å²) in [6, 6.07) is 5.45. The van der Waals surface area contributed by atoms with Crippen LogP contribution in [0.4, 0.5) is 23.2 Å². The number of aliphatic carboxylic acids is 1. The van der Waals surface area contributed by atoms with Crippen molar-refractivity contribution in [2.24, 2.45) is 0 Å². The van der Waals surface area contributed by atoms with Gasteiger partial charge in [-0.05, 0) is 41.5 Å². The Hall–Kier alpha value is -2.52. The normalized spacial score (nSPS) is 12.4. The van der Waals surface area contributed by atoms with E-state index in [0.29, 0.717) is 0 Å². The van der Waals surface area contributed by atoms with E-state index in [0.717, 1.165) is 19.1 Å². The van der Waals surface area contributed by atoms with Gasteiger partial charge in [-0.15, -0.1) is 0 Å². The molecule has 0 heterocycles. The van der Waals surface area contributed by atoms with Crippen LogP contribution in [-0.4, -0.2) is 23.2 Å². The highest BCUT2D eigenvalue weighted by atomic mass is 35.5. The molecule has 162 valence electrons. The first-order valence-electron chi connectivity index (χ1n) is 8.33. The Kier molecular flexibility index (Phi) is 7.54. The maximum Gasteiger partial charge on any atom is 0.416 e. The maximum atomic E-state index is 13.4. The zero-order valence-corrected chi connectivity index (χ0v) is 16.8. The van der Waals surface area contributed by atoms with Gasteiger partial charge in [-0.1, -0.05) is 23.2 Å². The Morgan fingerprint density at radius 1 is 1.10 bits per heavy atom. The minimum absolute atomic E-state index is 0.0636. The summed E-state index contributed by atoms with van der Waals surface area (Å²) in [6.07, 6.45) is -7.27. The molecule has 2 aromatic rings. The fraction of sp³-hybridized carbons (Fsp3) is 0.263. The Bertz CT molecular complexity index is 943. The number of amides is 1. The zero-order chi connectivity index (χ0) is 22.6. The third-order valence-corrected chi connectivity index (χ3v) is 4.33. The fourth-order valence-electron chi connectivity index (χ4n) is 2.53. The minimum Gasteiger partial charge on any atom is -0.486 e. The predicted molar refractivity (Wildman–Crippen MR) is 103 cm³/mol. The summed E-state index contributed by atoms with van der Waals surface area (Å²) in [7, 11) is 0. The van der Waals surface area contributed by atoms with Gasteiger partial charge in [0, 0.05) is 19.0 Å². The molecule has 0 aliphatic heterocycles. The smallest absolute Gasteiger partial charge is 0.416 e. The number of hydrogen-bond acceptors (Lipinski definition) is 3. The van der Waals surface area contributed by atoms with Crippen molar-refractivity contribution in [1.82, 2.24) is 0 Å². The van der Waals surface area contributed by atoms with Gasteiger partial charge in [0.2, 0.25) is 12.1 Å². The lowest BCUT2D eigenvalue weighted by Crippen LogP contribution is -2.17. The summed E-state index contributed by atoms with van der Waals surface area (Å²) in [5.74, 6) is -2.25. The molecule has 0 fully saturated rings. The van der Waals surface area contributed by atoms with E-state index in [1.165, 1.54) is 18.2 Å². The van der Waals surface area contributed by atoms with Crippen LogP contribution in [0.3, 0.4) is 0 Å². The van der Waals surface area contributed by atoms with Gasteiger partial charge in [0.25, 0.3) is 0 Å². The molecular formula is C19H15Cl2F4NO4. The van der Waals surface area contributed by atoms with Crippen molar-refractivity contribution < 1.29 is 37.0 Å². The quantitative estimate of drug-likeness (QED) is 0.526. The van der Waals surface area contributed by atoms with Crippen LogP contribution < -0.4 is 10.1 Å². The number of rotatable bonds is 7. The second-order valence-corrected chi connectivity index (χ2v) is 7.10. The second-order valence-electron chi connectivity index (χ2n) is 6.28. The van der Waals surface area contributed by atoms with E-state index in [2.05, 4.69) is 5.32 Å². The van der Waals surface area contributed by atoms with Crippen LogP contribution in [0.2, 0.25) is 10.0 Å². The van der Waals surface area contributed by atoms with Gasteiger partial charge in [0.05, 0.1) is 15.6 Å². The molecule has 0 aliphatic rings. The van der Waals surface area contributed by atoms with Gasteiger partial charge in [0.15, 0.2) is 5.75 Å². The number of halogens is 6. The minimum atomic E-state index is -4.65. The maximum absolute atomic E-state index is 13.4. The number of anilines is 1. The standard InChI is InChI=1S/C19H15Cl2F4NO4/c1-9(27)26-13-3-11(2-12(7-13)19(23,24)25)8-30-17-14(20)4-10(5-15(17)21)6-16(22)18(28)29/h2-5,7,16H,6,8H2,1H3,(H,26,27)(H,28,29). The summed E-state index contributed by atoms with van der Waals surface area (Å²) in [5.41, 5.74) is -0.757. The van der Waals surface area contributed by atoms with Crippen molar-refractivity contribution >= 4 is 40.8 Å². The van der Waals surface area contributed by atoms with Gasteiger partial charge in [0.1, 0.15) is 6.61 Å². The van der Waals surface area contributed by atoms with Crippen molar-refractivity contribution in [1.29, 1.82) is 0 Å². The molecule has 0 saturated heterocycles. The number of ether oxygens (including phenoxy) is 1. The number of carbonyl (C=O) groups excluding carboxylic acids is 1. The van der Waals surface area contributed by atoms with E-state index in [1.807, 2.05) is 0 Å². The SMILES string of the molecule is CC(=O)Nc1cc(COc2c(Cl)cc(CC(F)C(=O)O)cc2Cl)cc(C(F)(F)F)c1. The monoisotopic (exact) mass is 467 g/mol. The summed E-state index contributed by atoms with van der Waals surface area (Å²) in [5, 5.41) is 10.8. The molecule has 1 amide bonds. The van der Waals surface area contributed by atoms with Crippen LogP contribution in [0.25, 0.3) is 0 Å². The number of carboxylic acid groups (broad SMARTS) is 1. The lowest BCUT2D eigenvalue weighted by Gasteiger charge is -2.15. The van der Waals surface area contributed by atoms with Crippen molar-refractivity contribution in [2.75, 3.05) is 5.32 Å². The molecule has 1 atom stereocenters. The van der Waals surface area contributed by atoms with Crippen molar-refractivity contribution in [3.63, 3.8) is 0 Å². The number of benzene rings is 2. The molecule has 0 aromatic heterocycles. The van der Waals surface area contributed by atoms with Crippen LogP contribution in [0.5, 0.6) is 5.75 Å². The van der Waals surface area contributed by atoms with E-state index < -0.39 is 36.2 Å². The third kappa shape index (κ3) is 6.50. The molecular weight excluding hydrogens is 453 g/mol. The number of hydrogen-bond donors (Lipinski definition) is 2. The van der Waals surface area contributed by atoms with E-state index in [4.69, 9.17) is 33.0 Å². The Morgan fingerprint density at radius 2 is 1.70 bits per heavy atom. The molecule has 0 bridgehead atoms. The van der Waals surface area contributed by atoms with Gasteiger partial charge in [-0.2, -0.15) is 13.2 Å². The van der Waals surface area contributed by atoms with Crippen molar-refractivity contribution in [3.8, 4) is 5.75 Å². The van der Waals surface area contributed by atoms with E-state index >= 15 is 0 Å². The molecule has 0 spiro atoms. The average Bonchev–Trinajstić information content (AvgIpc) is 2.59. The summed E-state index contributed by atoms with van der Waals surface area (Å²) in [4.78, 5) is 21.8. The Balaban J connectivity index is 2.25. The van der Waals surface area contributed by atoms with Gasteiger partial charge < -0.3 is 15.2 Å². The highest BCUT2D eigenvalue weighted by Crippen LogP contribution is 2.36. The number of alkyl halides is 4. The first kappa shape index (κ1) is 23.8. The molecule has 2 N–H and O–H groups in total. The first-order chi connectivity index (χ1) is 13.9. The first-order valence-corrected chi connectivity index (χ1v) is 9.08. The molecule has 2 aromatic carbocycles. The molecule has 0 aliphatic carbocycles. The summed E-state index contributed by atoms with van der Waals surface area (Å²) in [6.45, 7) is 0.792. The van der Waals surface area contributed by atoms with Crippen LogP contribution in [-0.2, 0) is 28.8 Å². The molecule has 0 radical (unpaired) electrons. The molecule has 5 nitrogen and oxygen atoms in total. The lowest BCUT2D eigenvalue weighted by atomic mass is 10.1. The van der Waals surface area contributed by atoms with Gasteiger partial charge >= 0.3 is 12.1 Å². The Morgan fingerprint density at radius 3 is 2.20 bits per heavy atom. The molecule has 30 heavy (non-hydrogen) atoms. The third-order valence-electron chi connectivity index (χ3n) is 3.76. The molecule has 2 rings (SSSR count). The zero-order valence-electron chi connectivity index (χ0n) is 15.3. The summed E-state index contributed by atoms with van der Waals surface area (Å²) < 4.78 is 58.1. The van der Waals surface area contributed by atoms with Crippen LogP contribution in [0.15, 0.2) is 30.3 Å². The average molecular weight is 468 g/mol. The van der Waals surface area contributed by atoms with E-state index in [9.17, 15) is 27.2 Å². The van der Waals surface area contributed by atoms with E-state index in [1.54, 1.807) is 0 Å². The van der Waals surface area contributed by atoms with Crippen molar-refractivity contribution in [3.05, 3.63) is 57.1 Å². The largest absolute Gasteiger partial charge is 0.486 e.